The van der Waals surface area contributed by atoms with Gasteiger partial charge in [0.05, 0.1) is 28.2 Å². The van der Waals surface area contributed by atoms with E-state index in [1.54, 1.807) is 67.8 Å². The van der Waals surface area contributed by atoms with Gasteiger partial charge in [-0.25, -0.2) is 22.3 Å². The number of ketones is 2. The van der Waals surface area contributed by atoms with Crippen LogP contribution < -0.4 is 24.3 Å². The van der Waals surface area contributed by atoms with Gasteiger partial charge in [0.2, 0.25) is 17.1 Å². The number of aryl methyl sites for hydroxylation is 4. The third-order valence-corrected chi connectivity index (χ3v) is 28.3. The minimum Gasteiger partial charge on any atom is -0.802 e. The molecule has 2 fully saturated rings. The van der Waals surface area contributed by atoms with E-state index in [9.17, 15) is 9.59 Å². The van der Waals surface area contributed by atoms with Gasteiger partial charge in [-0.3, -0.25) is 9.59 Å². The zero-order chi connectivity index (χ0) is 96.0. The Balaban J connectivity index is 0.000000125. The van der Waals surface area contributed by atoms with Crippen LogP contribution in [-0.2, 0) is 124 Å². The van der Waals surface area contributed by atoms with Gasteiger partial charge in [0, 0.05) is 123 Å². The number of nitrogen functional groups attached to an aromatic ring is 1. The number of para-hydroxylation sites is 1. The minimum atomic E-state index is -0.125. The zero-order valence-electron chi connectivity index (χ0n) is 81.0. The molecule has 12 aromatic carbocycles. The number of hydrogen-bond donors (Lipinski definition) is 4. The molecule has 3 aliphatic heterocycles. The second-order valence-electron chi connectivity index (χ2n) is 38.1. The molecule has 12 nitrogen and oxygen atoms in total. The first-order valence-electron chi connectivity index (χ1n) is 48.8. The Morgan fingerprint density at radius 3 is 1.51 bits per heavy atom. The molecule has 0 amide bonds. The van der Waals surface area contributed by atoms with Gasteiger partial charge in [-0.05, 0) is 262 Å². The predicted octanol–water partition coefficient (Wildman–Crippen LogP) is 27.6. The Labute approximate surface area is 878 Å². The molecule has 0 saturated heterocycles. The van der Waals surface area contributed by atoms with E-state index in [2.05, 4.69) is 244 Å². The summed E-state index contributed by atoms with van der Waals surface area (Å²) in [6, 6.07) is 119. The van der Waals surface area contributed by atoms with Gasteiger partial charge < -0.3 is 36.6 Å². The number of anilines is 4. The molecule has 4 aromatic heterocycles. The van der Waals surface area contributed by atoms with Crippen LogP contribution in [-0.4, -0.2) is 38.2 Å². The predicted molar refractivity (Wildman–Crippen MR) is 564 cm³/mol. The van der Waals surface area contributed by atoms with Crippen molar-refractivity contribution in [3.63, 3.8) is 0 Å². The van der Waals surface area contributed by atoms with E-state index in [-0.39, 0.29) is 96.7 Å². The average molecular weight is 2400 g/mol. The number of hydrogen-bond acceptors (Lipinski definition) is 8. The van der Waals surface area contributed by atoms with Crippen molar-refractivity contribution < 1.29 is 95.7 Å². The molecule has 717 valence electrons. The first kappa shape index (κ1) is 103. The van der Waals surface area contributed by atoms with Gasteiger partial charge in [0.15, 0.2) is 49.8 Å². The molecule has 4 bridgehead atoms. The smallest absolute Gasteiger partial charge is 0.802 e. The fraction of sp³-hybridized carbons (Fsp3) is 0.213. The Hall–Kier alpha value is -13.4. The fourth-order valence-electron chi connectivity index (χ4n) is 21.3. The molecule has 7 heterocycles. The first-order chi connectivity index (χ1) is 67.7. The van der Waals surface area contributed by atoms with E-state index >= 15 is 0 Å². The van der Waals surface area contributed by atoms with Crippen LogP contribution in [0.3, 0.4) is 0 Å². The molecule has 4 atom stereocenters. The number of nitrogens with one attached hydrogen (secondary N) is 1. The number of aliphatic hydroxyl groups excluding tert-OH is 2. The van der Waals surface area contributed by atoms with Crippen molar-refractivity contribution in [1.29, 1.82) is 5.41 Å². The van der Waals surface area contributed by atoms with E-state index in [1.165, 1.54) is 191 Å². The van der Waals surface area contributed by atoms with Crippen molar-refractivity contribution in [3.8, 4) is 67.3 Å². The van der Waals surface area contributed by atoms with Gasteiger partial charge in [0.1, 0.15) is 0 Å². The molecule has 1 radical (unpaired) electrons. The van der Waals surface area contributed by atoms with Crippen LogP contribution in [0.5, 0.6) is 0 Å². The standard InChI is InChI=1S/C30H19N.C23H26N.C21H22N.C15H10N.C12H10N.C10H8N.C6H5N2.2C5H8O2.Ir.2Pt/c1-4-12-24(13-5-1)26-16-10-20-29(22-26)31(28-18-8-3-9-19-28)30-21-11-17-27(23-30)25-14-6-2-7-15-25;1-23(2)18-8-16-10-22-19-9-15-6-4-3-5-14(15)7-17(19)12-24(22)13-20(16)21(23)11-18;1-2-4-14-9-19-17(7-13(14)3-1)11-22-12-20-16-6-5-15(8-16)18(20)10-21(19)22;1-2-7-13(8-3-1)15-14-9-5-4-6-12(14)10-11-16-15;1-2-6-11-10(5-1)9-13-8-4-3-7-12(11)13;11-10-7-3-5-8-4-1-2-6-9(8)10;7-5-3-1-2-4-6(5)8;2*1-4(6)3-5(2)7;;;/h1-12,14,16-21H;7,9-10,13,18,21H,3-6,8,11-12H2,1-2H3;7,9-10,12,15-16H,1-6,8,11H2;1-7,9-11H;1-8H,9H2;1-6H,11H2;1-4,7H;2*3,6H,1-2H3;;;/q-4;2*+1;-1;+1;2*-1;;;;;+4/b;;;;;;;4-3-;;;;. The fourth-order valence-corrected chi connectivity index (χ4v) is 21.3. The van der Waals surface area contributed by atoms with Crippen LogP contribution in [0.4, 0.5) is 22.7 Å². The second-order valence-corrected chi connectivity index (χ2v) is 38.1. The van der Waals surface area contributed by atoms with Crippen molar-refractivity contribution in [3.05, 3.63) is 461 Å². The Morgan fingerprint density at radius 1 is 0.472 bits per heavy atom. The number of nitrogens with zero attached hydrogens (tertiary/aromatic N) is 6. The van der Waals surface area contributed by atoms with Crippen LogP contribution >= 0.6 is 0 Å². The number of fused-ring (bicyclic) bond motifs is 18. The maximum absolute atomic E-state index is 10.0. The summed E-state index contributed by atoms with van der Waals surface area (Å²) in [5.74, 6) is 3.31. The molecule has 16 aromatic rings. The summed E-state index contributed by atoms with van der Waals surface area (Å²) >= 11 is 0. The maximum atomic E-state index is 10.0. The number of carbonyl (C=O) groups is 2. The number of aliphatic hydroxyl groups is 2. The number of allylic oxidation sites excluding steroid dienone is 8. The number of benzene rings is 12. The molecule has 5 N–H and O–H groups in total. The Bertz CT molecular complexity index is 7210. The molecule has 142 heavy (non-hydrogen) atoms. The third kappa shape index (κ3) is 24.0. The summed E-state index contributed by atoms with van der Waals surface area (Å²) in [6.45, 7) is 13.9. The summed E-state index contributed by atoms with van der Waals surface area (Å²) in [5, 5.41) is 37.1. The largest absolute Gasteiger partial charge is 4.00 e. The number of carbonyl (C=O) groups excluding carboxylic acids is 2. The van der Waals surface area contributed by atoms with E-state index in [4.69, 9.17) is 26.8 Å². The molecule has 0 spiro atoms. The minimum absolute atomic E-state index is 0. The van der Waals surface area contributed by atoms with Crippen LogP contribution in [0.2, 0.25) is 0 Å². The van der Waals surface area contributed by atoms with Crippen molar-refractivity contribution in [2.24, 2.45) is 11.3 Å². The van der Waals surface area contributed by atoms with Crippen molar-refractivity contribution in [2.45, 2.75) is 162 Å². The maximum Gasteiger partial charge on any atom is 4.00 e. The summed E-state index contributed by atoms with van der Waals surface area (Å²) in [4.78, 5) is 26.7. The van der Waals surface area contributed by atoms with Crippen molar-refractivity contribution in [2.75, 3.05) is 10.6 Å². The molecule has 11 aliphatic rings. The molecule has 8 aliphatic carbocycles. The van der Waals surface area contributed by atoms with Crippen LogP contribution in [0.1, 0.15) is 172 Å². The summed E-state index contributed by atoms with van der Waals surface area (Å²) in [7, 11) is 0. The average Bonchev–Trinajstić information content (AvgIpc) is 1.13. The van der Waals surface area contributed by atoms with Gasteiger partial charge in [0.25, 0.3) is 0 Å². The van der Waals surface area contributed by atoms with Crippen molar-refractivity contribution in [1.82, 2.24) is 4.98 Å². The third-order valence-electron chi connectivity index (χ3n) is 28.3. The molecule has 2 saturated carbocycles. The molecular formula is C127H116IrN8O4Pt2. The van der Waals surface area contributed by atoms with E-state index in [1.807, 2.05) is 140 Å². The van der Waals surface area contributed by atoms with Gasteiger partial charge in [-0.2, -0.15) is 117 Å². The van der Waals surface area contributed by atoms with Gasteiger partial charge in [-0.1, -0.05) is 117 Å². The monoisotopic (exact) mass is 2400 g/mol. The van der Waals surface area contributed by atoms with Crippen LogP contribution in [0, 0.1) is 53.1 Å². The van der Waals surface area contributed by atoms with Gasteiger partial charge >= 0.3 is 21.1 Å². The van der Waals surface area contributed by atoms with Crippen LogP contribution in [0.25, 0.3) is 94.2 Å². The van der Waals surface area contributed by atoms with Crippen molar-refractivity contribution >= 4 is 67.3 Å². The summed E-state index contributed by atoms with van der Waals surface area (Å²) in [6.07, 6.45) is 35.4. The number of pyridine rings is 4. The first-order valence-corrected chi connectivity index (χ1v) is 48.8. The second kappa shape index (κ2) is 47.5. The van der Waals surface area contributed by atoms with E-state index in [0.29, 0.717) is 5.41 Å². The number of aromatic nitrogens is 4. The number of rotatable bonds is 8. The number of nitrogens with two attached hydrogens (primary N) is 1. The quantitative estimate of drug-likeness (QED) is 0.0292. The molecule has 4 unspecified atom stereocenters. The normalized spacial score (nSPS) is 16.3. The topological polar surface area (TPSA) is 175 Å². The Morgan fingerprint density at radius 2 is 0.972 bits per heavy atom. The molecule has 15 heteroatoms. The van der Waals surface area contributed by atoms with E-state index in [0.717, 1.165) is 105 Å². The Kier molecular flexibility index (Phi) is 34.4. The van der Waals surface area contributed by atoms with E-state index < -0.39 is 0 Å². The molecule has 27 rings (SSSR count). The SMILES string of the molecule is CC(=O)/C=C(/C)O.CC(=O)C=C(C)O.CC1(C)C2Cc3cc4[n+](cc3C1C2)Cc1cc2c(cc1-4)CCCC2.Nc1[c-]ccc2ccccc12.[Ir].[N-]=C1C=CC=CC1=N.[Pt+4].[Pt].[c-]1ccccc1-c1[c-]c(N(c2[c-]c(-c3[c-]cccc3)ccc2)c2ccccc2)ccc1.[c-]1ccccc1-c1nccc2ccccc12.c1c2c(cc3c1C[n+]1cc4c(cc1-3)C1CCC4C1)CCCC2.c1ccc2c(c1)C[n+]1ccccc1-2. The summed E-state index contributed by atoms with van der Waals surface area (Å²) in [5.41, 5.74) is 42.7. The summed E-state index contributed by atoms with van der Waals surface area (Å²) < 4.78 is 7.37. The van der Waals surface area contributed by atoms with Crippen LogP contribution in [0.15, 0.2) is 358 Å². The van der Waals surface area contributed by atoms with Gasteiger partial charge in [-0.15, -0.1) is 82.7 Å². The zero-order valence-corrected chi connectivity index (χ0v) is 87.9. The molecular weight excluding hydrogens is 2280 g/mol.